The molecule has 0 aliphatic carbocycles. The molecule has 0 aromatic rings. The van der Waals surface area contributed by atoms with Crippen molar-refractivity contribution in [3.05, 3.63) is 0 Å². The van der Waals surface area contributed by atoms with Gasteiger partial charge in [-0.1, -0.05) is 0 Å². The lowest BCUT2D eigenvalue weighted by molar-refractivity contribution is 0.198. The van der Waals surface area contributed by atoms with Crippen molar-refractivity contribution in [3.8, 4) is 0 Å². The third kappa shape index (κ3) is 3.59. The topological polar surface area (TPSA) is 40.6 Å². The molecule has 1 saturated heterocycles. The Balaban J connectivity index is 2.57. The number of halogens is 1. The lowest BCUT2D eigenvalue weighted by Crippen LogP contribution is -2.45. The minimum absolute atomic E-state index is 0.0391. The van der Waals surface area contributed by atoms with Crippen LogP contribution in [0.4, 0.5) is 0 Å². The van der Waals surface area contributed by atoms with Gasteiger partial charge in [0.15, 0.2) is 0 Å². The molecule has 0 aromatic carbocycles. The molecule has 6 heteroatoms. The first-order chi connectivity index (χ1) is 6.97. The van der Waals surface area contributed by atoms with Gasteiger partial charge in [0.1, 0.15) is 0 Å². The summed E-state index contributed by atoms with van der Waals surface area (Å²) in [7, 11) is 0.579. The van der Waals surface area contributed by atoms with Gasteiger partial charge in [0.2, 0.25) is 10.0 Å². The number of piperidine rings is 1. The molecule has 1 aliphatic heterocycles. The maximum absolute atomic E-state index is 11.7. The Morgan fingerprint density at radius 3 is 2.40 bits per heavy atom. The van der Waals surface area contributed by atoms with Gasteiger partial charge in [-0.15, -0.1) is 11.6 Å². The Morgan fingerprint density at radius 1 is 1.40 bits per heavy atom. The molecule has 0 aromatic heterocycles. The van der Waals surface area contributed by atoms with Gasteiger partial charge in [0.05, 0.1) is 5.75 Å². The highest BCUT2D eigenvalue weighted by atomic mass is 35.5. The molecule has 0 saturated carbocycles. The first kappa shape index (κ1) is 13.2. The van der Waals surface area contributed by atoms with E-state index in [1.807, 2.05) is 0 Å². The monoisotopic (exact) mass is 254 g/mol. The summed E-state index contributed by atoms with van der Waals surface area (Å²) in [4.78, 5) is 2.22. The van der Waals surface area contributed by atoms with E-state index in [9.17, 15) is 8.42 Å². The number of rotatable bonds is 4. The van der Waals surface area contributed by atoms with Gasteiger partial charge in [-0.2, -0.15) is 0 Å². The number of hydrogen-bond donors (Lipinski definition) is 0. The van der Waals surface area contributed by atoms with Crippen LogP contribution in [0.5, 0.6) is 0 Å². The van der Waals surface area contributed by atoms with Crippen LogP contribution in [-0.4, -0.2) is 62.5 Å². The van der Waals surface area contributed by atoms with Gasteiger partial charge < -0.3 is 4.90 Å². The van der Waals surface area contributed by atoms with Crippen molar-refractivity contribution in [2.75, 3.05) is 38.8 Å². The van der Waals surface area contributed by atoms with E-state index in [-0.39, 0.29) is 17.7 Å². The lowest BCUT2D eigenvalue weighted by atomic mass is 10.1. The van der Waals surface area contributed by atoms with Crippen molar-refractivity contribution < 1.29 is 8.42 Å². The number of likely N-dealkylation sites (tertiary alicyclic amines) is 1. The van der Waals surface area contributed by atoms with Crippen molar-refractivity contribution >= 4 is 21.6 Å². The zero-order valence-corrected chi connectivity index (χ0v) is 10.9. The van der Waals surface area contributed by atoms with Crippen LogP contribution in [0.1, 0.15) is 12.8 Å². The predicted molar refractivity (Wildman–Crippen MR) is 62.8 cm³/mol. The minimum Gasteiger partial charge on any atom is -0.306 e. The molecule has 0 unspecified atom stereocenters. The Kier molecular flexibility index (Phi) is 4.83. The van der Waals surface area contributed by atoms with E-state index >= 15 is 0 Å². The predicted octanol–water partition coefficient (Wildman–Crippen LogP) is 0.581. The third-order valence-electron chi connectivity index (χ3n) is 2.98. The Labute approximate surface area is 97.2 Å². The van der Waals surface area contributed by atoms with E-state index < -0.39 is 10.0 Å². The van der Waals surface area contributed by atoms with Gasteiger partial charge in [0, 0.05) is 19.0 Å². The van der Waals surface area contributed by atoms with Crippen molar-refractivity contribution in [1.29, 1.82) is 0 Å². The van der Waals surface area contributed by atoms with E-state index in [1.165, 1.54) is 4.31 Å². The summed E-state index contributed by atoms with van der Waals surface area (Å²) >= 11 is 5.48. The summed E-state index contributed by atoms with van der Waals surface area (Å²) < 4.78 is 25.0. The van der Waals surface area contributed by atoms with Crippen LogP contribution in [-0.2, 0) is 10.0 Å². The molecule has 0 atom stereocenters. The highest BCUT2D eigenvalue weighted by molar-refractivity contribution is 7.89. The second kappa shape index (κ2) is 5.48. The molecular weight excluding hydrogens is 236 g/mol. The molecule has 0 radical (unpaired) electrons. The normalized spacial score (nSPS) is 21.1. The van der Waals surface area contributed by atoms with Crippen LogP contribution in [0, 0.1) is 0 Å². The van der Waals surface area contributed by atoms with Crippen LogP contribution in [0.3, 0.4) is 0 Å². The second-order valence-corrected chi connectivity index (χ2v) is 6.58. The molecule has 90 valence electrons. The minimum atomic E-state index is -3.14. The standard InChI is InChI=1S/C9H19ClN2O2S/c1-11-6-3-9(4-7-11)12(2)15(13,14)8-5-10/h9H,3-8H2,1-2H3. The van der Waals surface area contributed by atoms with Crippen molar-refractivity contribution in [2.24, 2.45) is 0 Å². The van der Waals surface area contributed by atoms with Crippen LogP contribution in [0.2, 0.25) is 0 Å². The second-order valence-electron chi connectivity index (χ2n) is 4.06. The first-order valence-corrected chi connectivity index (χ1v) is 7.32. The highest BCUT2D eigenvalue weighted by Gasteiger charge is 2.28. The van der Waals surface area contributed by atoms with Gasteiger partial charge in [0.25, 0.3) is 0 Å². The Hall–Kier alpha value is 0.160. The lowest BCUT2D eigenvalue weighted by Gasteiger charge is -2.34. The largest absolute Gasteiger partial charge is 0.306 e. The molecule has 0 N–H and O–H groups in total. The number of alkyl halides is 1. The molecule has 1 rings (SSSR count). The third-order valence-corrected chi connectivity index (χ3v) is 5.28. The zero-order chi connectivity index (χ0) is 11.5. The summed E-state index contributed by atoms with van der Waals surface area (Å²) in [5.41, 5.74) is 0. The van der Waals surface area contributed by atoms with Crippen molar-refractivity contribution in [2.45, 2.75) is 18.9 Å². The summed E-state index contributed by atoms with van der Waals surface area (Å²) in [6, 6.07) is 0.148. The molecule has 15 heavy (non-hydrogen) atoms. The smallest absolute Gasteiger partial charge is 0.215 e. The zero-order valence-electron chi connectivity index (χ0n) is 9.32. The van der Waals surface area contributed by atoms with E-state index in [0.29, 0.717) is 0 Å². The fourth-order valence-electron chi connectivity index (χ4n) is 1.83. The fraction of sp³-hybridized carbons (Fsp3) is 1.00. The molecule has 4 nitrogen and oxygen atoms in total. The maximum atomic E-state index is 11.7. The number of sulfonamides is 1. The summed E-state index contributed by atoms with van der Waals surface area (Å²) in [5, 5.41) is 0. The molecule has 0 amide bonds. The average Bonchev–Trinajstić information content (AvgIpc) is 2.18. The van der Waals surface area contributed by atoms with E-state index in [1.54, 1.807) is 7.05 Å². The summed E-state index contributed by atoms with van der Waals surface area (Å²) in [6.45, 7) is 1.93. The Morgan fingerprint density at radius 2 is 1.93 bits per heavy atom. The van der Waals surface area contributed by atoms with Crippen molar-refractivity contribution in [1.82, 2.24) is 9.21 Å². The molecular formula is C9H19ClN2O2S. The first-order valence-electron chi connectivity index (χ1n) is 5.17. The summed E-state index contributed by atoms with van der Waals surface area (Å²) in [5.74, 6) is 0.205. The molecule has 1 heterocycles. The molecule has 0 bridgehead atoms. The molecule has 1 aliphatic rings. The number of nitrogens with zero attached hydrogens (tertiary/aromatic N) is 2. The fourth-order valence-corrected chi connectivity index (χ4v) is 3.56. The Bertz CT molecular complexity index is 286. The SMILES string of the molecule is CN1CCC(N(C)S(=O)(=O)CCCl)CC1. The van der Waals surface area contributed by atoms with Gasteiger partial charge in [-0.25, -0.2) is 12.7 Å². The van der Waals surface area contributed by atoms with Crippen LogP contribution < -0.4 is 0 Å². The van der Waals surface area contributed by atoms with Crippen LogP contribution in [0.15, 0.2) is 0 Å². The maximum Gasteiger partial charge on any atom is 0.215 e. The molecule has 0 spiro atoms. The van der Waals surface area contributed by atoms with Crippen LogP contribution >= 0.6 is 11.6 Å². The van der Waals surface area contributed by atoms with Gasteiger partial charge in [-0.05, 0) is 33.0 Å². The summed E-state index contributed by atoms with van der Waals surface area (Å²) in [6.07, 6.45) is 1.82. The van der Waals surface area contributed by atoms with Gasteiger partial charge >= 0.3 is 0 Å². The van der Waals surface area contributed by atoms with E-state index in [4.69, 9.17) is 11.6 Å². The van der Waals surface area contributed by atoms with Gasteiger partial charge in [-0.3, -0.25) is 0 Å². The van der Waals surface area contributed by atoms with Crippen LogP contribution in [0.25, 0.3) is 0 Å². The average molecular weight is 255 g/mol. The van der Waals surface area contributed by atoms with Crippen molar-refractivity contribution in [3.63, 3.8) is 0 Å². The van der Waals surface area contributed by atoms with E-state index in [2.05, 4.69) is 11.9 Å². The van der Waals surface area contributed by atoms with E-state index in [0.717, 1.165) is 25.9 Å². The quantitative estimate of drug-likeness (QED) is 0.690. The molecule has 1 fully saturated rings. The highest BCUT2D eigenvalue weighted by Crippen LogP contribution is 2.17. The number of hydrogen-bond acceptors (Lipinski definition) is 3.